The van der Waals surface area contributed by atoms with Crippen molar-refractivity contribution in [3.63, 3.8) is 0 Å². The van der Waals surface area contributed by atoms with Gasteiger partial charge in [-0.15, -0.1) is 0 Å². The zero-order chi connectivity index (χ0) is 11.4. The Bertz CT molecular complexity index is 284. The average molecular weight is 223 g/mol. The minimum absolute atomic E-state index is 0.00203. The highest BCUT2D eigenvalue weighted by Crippen LogP contribution is 2.07. The Morgan fingerprint density at radius 2 is 1.93 bits per heavy atom. The van der Waals surface area contributed by atoms with E-state index in [4.69, 9.17) is 5.11 Å². The molecule has 0 aliphatic carbocycles. The van der Waals surface area contributed by atoms with E-state index in [9.17, 15) is 13.2 Å². The molecule has 0 amide bonds. The van der Waals surface area contributed by atoms with Crippen molar-refractivity contribution in [3.05, 3.63) is 0 Å². The van der Waals surface area contributed by atoms with Crippen LogP contribution in [-0.2, 0) is 14.8 Å². The van der Waals surface area contributed by atoms with Crippen molar-refractivity contribution in [2.24, 2.45) is 0 Å². The molecule has 0 spiro atoms. The molecule has 0 aliphatic heterocycles. The third kappa shape index (κ3) is 4.06. The first kappa shape index (κ1) is 13.4. The number of hydrogen-bond acceptors (Lipinski definition) is 3. The van der Waals surface area contributed by atoms with Gasteiger partial charge in [0, 0.05) is 20.0 Å². The number of rotatable bonds is 6. The van der Waals surface area contributed by atoms with Gasteiger partial charge < -0.3 is 5.11 Å². The standard InChI is InChI=1S/C8H17NO4S/c1-7(2)14(12,13)9(3)6-4-5-8(10)11/h7H,4-6H2,1-3H3,(H,10,11). The summed E-state index contributed by atoms with van der Waals surface area (Å²) in [7, 11) is -1.77. The van der Waals surface area contributed by atoms with E-state index in [-0.39, 0.29) is 13.0 Å². The summed E-state index contributed by atoms with van der Waals surface area (Å²) in [4.78, 5) is 10.2. The van der Waals surface area contributed by atoms with E-state index < -0.39 is 21.2 Å². The first-order valence-electron chi connectivity index (χ1n) is 4.45. The maximum absolute atomic E-state index is 11.5. The van der Waals surface area contributed by atoms with Crippen LogP contribution in [0.2, 0.25) is 0 Å². The summed E-state index contributed by atoms with van der Waals surface area (Å²) in [5.41, 5.74) is 0. The maximum Gasteiger partial charge on any atom is 0.303 e. The number of carboxylic acids is 1. The van der Waals surface area contributed by atoms with Gasteiger partial charge in [-0.05, 0) is 20.3 Å². The highest BCUT2D eigenvalue weighted by Gasteiger charge is 2.21. The summed E-state index contributed by atoms with van der Waals surface area (Å²) in [6.45, 7) is 3.46. The molecular weight excluding hydrogens is 206 g/mol. The van der Waals surface area contributed by atoms with E-state index in [2.05, 4.69) is 0 Å². The third-order valence-electron chi connectivity index (χ3n) is 1.89. The van der Waals surface area contributed by atoms with Gasteiger partial charge in [0.1, 0.15) is 0 Å². The highest BCUT2D eigenvalue weighted by molar-refractivity contribution is 7.89. The molecule has 0 aromatic heterocycles. The largest absolute Gasteiger partial charge is 0.481 e. The fraction of sp³-hybridized carbons (Fsp3) is 0.875. The van der Waals surface area contributed by atoms with Crippen LogP contribution < -0.4 is 0 Å². The number of nitrogens with zero attached hydrogens (tertiary/aromatic N) is 1. The Morgan fingerprint density at radius 1 is 1.43 bits per heavy atom. The van der Waals surface area contributed by atoms with Gasteiger partial charge >= 0.3 is 5.97 Å². The maximum atomic E-state index is 11.5. The summed E-state index contributed by atoms with van der Waals surface area (Å²) < 4.78 is 24.2. The van der Waals surface area contributed by atoms with Gasteiger partial charge in [-0.25, -0.2) is 12.7 Å². The Morgan fingerprint density at radius 3 is 2.29 bits per heavy atom. The van der Waals surface area contributed by atoms with E-state index in [1.807, 2.05) is 0 Å². The number of aliphatic carboxylic acids is 1. The highest BCUT2D eigenvalue weighted by atomic mass is 32.2. The molecule has 14 heavy (non-hydrogen) atoms. The first-order valence-corrected chi connectivity index (χ1v) is 5.95. The molecule has 0 saturated heterocycles. The fourth-order valence-electron chi connectivity index (χ4n) is 0.940. The van der Waals surface area contributed by atoms with Crippen LogP contribution in [0.5, 0.6) is 0 Å². The number of hydrogen-bond donors (Lipinski definition) is 1. The molecule has 0 rings (SSSR count). The van der Waals surface area contributed by atoms with Crippen LogP contribution in [0.3, 0.4) is 0 Å². The normalized spacial score (nSPS) is 12.4. The van der Waals surface area contributed by atoms with E-state index in [0.29, 0.717) is 6.42 Å². The number of sulfonamides is 1. The van der Waals surface area contributed by atoms with Gasteiger partial charge in [0.15, 0.2) is 0 Å². The molecule has 84 valence electrons. The van der Waals surface area contributed by atoms with E-state index >= 15 is 0 Å². The lowest BCUT2D eigenvalue weighted by Gasteiger charge is -2.18. The van der Waals surface area contributed by atoms with Crippen LogP contribution in [0.4, 0.5) is 0 Å². The van der Waals surface area contributed by atoms with Crippen molar-refractivity contribution >= 4 is 16.0 Å². The molecule has 0 atom stereocenters. The van der Waals surface area contributed by atoms with Crippen LogP contribution in [0.1, 0.15) is 26.7 Å². The zero-order valence-electron chi connectivity index (χ0n) is 8.73. The minimum Gasteiger partial charge on any atom is -0.481 e. The van der Waals surface area contributed by atoms with Crippen molar-refractivity contribution in [2.45, 2.75) is 31.9 Å². The van der Waals surface area contributed by atoms with Crippen LogP contribution in [0.15, 0.2) is 0 Å². The monoisotopic (exact) mass is 223 g/mol. The van der Waals surface area contributed by atoms with E-state index in [1.54, 1.807) is 13.8 Å². The molecule has 5 nitrogen and oxygen atoms in total. The topological polar surface area (TPSA) is 74.7 Å². The molecule has 0 aromatic carbocycles. The molecule has 1 N–H and O–H groups in total. The first-order chi connectivity index (χ1) is 6.28. The average Bonchev–Trinajstić information content (AvgIpc) is 2.02. The van der Waals surface area contributed by atoms with Gasteiger partial charge in [0.05, 0.1) is 5.25 Å². The molecule has 0 heterocycles. The van der Waals surface area contributed by atoms with E-state index in [0.717, 1.165) is 0 Å². The van der Waals surface area contributed by atoms with Crippen molar-refractivity contribution in [3.8, 4) is 0 Å². The second-order valence-electron chi connectivity index (χ2n) is 3.41. The van der Waals surface area contributed by atoms with Crippen molar-refractivity contribution in [2.75, 3.05) is 13.6 Å². The molecule has 0 aliphatic rings. The summed E-state index contributed by atoms with van der Waals surface area (Å²) in [6.07, 6.45) is 0.343. The van der Waals surface area contributed by atoms with E-state index in [1.165, 1.54) is 11.4 Å². The van der Waals surface area contributed by atoms with Gasteiger partial charge in [0.2, 0.25) is 10.0 Å². The summed E-state index contributed by atoms with van der Waals surface area (Å²) in [5, 5.41) is 7.91. The van der Waals surface area contributed by atoms with Gasteiger partial charge in [-0.3, -0.25) is 4.79 Å². The second-order valence-corrected chi connectivity index (χ2v) is 6.01. The quantitative estimate of drug-likeness (QED) is 0.712. The minimum atomic E-state index is -3.23. The predicted molar refractivity (Wildman–Crippen MR) is 53.6 cm³/mol. The summed E-state index contributed by atoms with van der Waals surface area (Å²) in [6, 6.07) is 0. The van der Waals surface area contributed by atoms with Crippen molar-refractivity contribution in [1.29, 1.82) is 0 Å². The fourth-order valence-corrected chi connectivity index (χ4v) is 2.04. The van der Waals surface area contributed by atoms with Crippen LogP contribution >= 0.6 is 0 Å². The Kier molecular flexibility index (Phi) is 5.07. The number of carbonyl (C=O) groups is 1. The Hall–Kier alpha value is -0.620. The van der Waals surface area contributed by atoms with Crippen molar-refractivity contribution < 1.29 is 18.3 Å². The third-order valence-corrected chi connectivity index (χ3v) is 4.14. The summed E-state index contributed by atoms with van der Waals surface area (Å²) in [5.74, 6) is -0.902. The smallest absolute Gasteiger partial charge is 0.303 e. The number of carboxylic acid groups (broad SMARTS) is 1. The van der Waals surface area contributed by atoms with Crippen molar-refractivity contribution in [1.82, 2.24) is 4.31 Å². The van der Waals surface area contributed by atoms with Gasteiger partial charge in [-0.2, -0.15) is 0 Å². The lowest BCUT2D eigenvalue weighted by molar-refractivity contribution is -0.137. The second kappa shape index (κ2) is 5.31. The summed E-state index contributed by atoms with van der Waals surface area (Å²) >= 11 is 0. The molecule has 0 unspecified atom stereocenters. The Labute approximate surface area is 84.8 Å². The van der Waals surface area contributed by atoms with Crippen LogP contribution in [-0.4, -0.2) is 42.6 Å². The predicted octanol–water partition coefficient (Wildman–Crippen LogP) is 0.521. The molecule has 0 saturated carbocycles. The molecule has 6 heteroatoms. The van der Waals surface area contributed by atoms with Crippen LogP contribution in [0.25, 0.3) is 0 Å². The zero-order valence-corrected chi connectivity index (χ0v) is 9.54. The van der Waals surface area contributed by atoms with Gasteiger partial charge in [-0.1, -0.05) is 0 Å². The lowest BCUT2D eigenvalue weighted by atomic mass is 10.3. The molecule has 0 bridgehead atoms. The molecule has 0 fully saturated rings. The Balaban J connectivity index is 4.09. The van der Waals surface area contributed by atoms with Gasteiger partial charge in [0.25, 0.3) is 0 Å². The SMILES string of the molecule is CC(C)S(=O)(=O)N(C)CCCC(=O)O. The molecule has 0 aromatic rings. The molecule has 0 radical (unpaired) electrons. The van der Waals surface area contributed by atoms with Crippen LogP contribution in [0, 0.1) is 0 Å². The molecular formula is C8H17NO4S. The lowest BCUT2D eigenvalue weighted by Crippen LogP contribution is -2.33.